The van der Waals surface area contributed by atoms with Gasteiger partial charge in [-0.2, -0.15) is 0 Å². The van der Waals surface area contributed by atoms with Crippen LogP contribution in [0.1, 0.15) is 87.8 Å². The molecular weight excluding hydrogens is 691 g/mol. The zero-order chi connectivity index (χ0) is 35.2. The zero-order valence-corrected chi connectivity index (χ0v) is 31.8. The van der Waals surface area contributed by atoms with Crippen LogP contribution in [0, 0.1) is 6.92 Å². The van der Waals surface area contributed by atoms with Gasteiger partial charge in [0.1, 0.15) is 0 Å². The molecule has 0 saturated heterocycles. The molecule has 3 aromatic heterocycles. The summed E-state index contributed by atoms with van der Waals surface area (Å²) in [6, 6.07) is 27.4. The minimum Gasteiger partial charge on any atom is -0.657 e. The van der Waals surface area contributed by atoms with E-state index >= 15 is 0 Å². The fourth-order valence-corrected chi connectivity index (χ4v) is 10.0. The van der Waals surface area contributed by atoms with Gasteiger partial charge in [0.25, 0.3) is 0 Å². The SMILES string of the molecule is CCC1=C(C)c2cc3nc(cc4[n-]c(cc5[n-]c(cc1n2)c1c2ccc6ccc7ccc8ccc(c51)c1c8c7c6c21)c(CC)c4C)C(CC)=C3CC.[Ni+2]. The van der Waals surface area contributed by atoms with E-state index in [1.54, 1.807) is 0 Å². The zero-order valence-electron chi connectivity index (χ0n) is 30.9. The van der Waals surface area contributed by atoms with Crippen molar-refractivity contribution >= 4 is 109 Å². The average Bonchev–Trinajstić information content (AvgIpc) is 3.94. The van der Waals surface area contributed by atoms with Crippen LogP contribution in [-0.4, -0.2) is 9.97 Å². The molecule has 0 fully saturated rings. The molecule has 0 aliphatic carbocycles. The van der Waals surface area contributed by atoms with Crippen LogP contribution in [0.5, 0.6) is 0 Å². The van der Waals surface area contributed by atoms with Crippen LogP contribution >= 0.6 is 0 Å². The van der Waals surface area contributed by atoms with Crippen molar-refractivity contribution in [3.8, 4) is 0 Å². The summed E-state index contributed by atoms with van der Waals surface area (Å²) in [5.41, 5.74) is 15.6. The molecule has 0 N–H and O–H groups in total. The summed E-state index contributed by atoms with van der Waals surface area (Å²) in [4.78, 5) is 21.6. The Morgan fingerprint density at radius 1 is 0.434 bits per heavy atom. The number of aryl methyl sites for hydroxylation is 2. The third-order valence-electron chi connectivity index (χ3n) is 12.4. The van der Waals surface area contributed by atoms with Crippen molar-refractivity contribution in [1.82, 2.24) is 19.9 Å². The summed E-state index contributed by atoms with van der Waals surface area (Å²) in [6.45, 7) is 13.4. The van der Waals surface area contributed by atoms with Gasteiger partial charge in [0, 0.05) is 0 Å². The smallest absolute Gasteiger partial charge is 0.657 e. The topological polar surface area (TPSA) is 54.0 Å². The van der Waals surface area contributed by atoms with Crippen LogP contribution in [0.15, 0.2) is 72.8 Å². The van der Waals surface area contributed by atoms with Crippen LogP contribution in [0.25, 0.3) is 109 Å². The standard InChI is InChI=1S/C48H38N4.Ni/c1-7-28-23(5)34-19-38-30(9-3)31(10-4)39(51-38)20-35-24(6)29(8-2)37(50-35)22-41-46-33-18-16-27-14-12-25-11-13-26-15-17-32(45(46)40(52-41)21-36(28)49-34)47-43(26)42(25)44(27)48(33)47;/h11-22H,7-10H2,1-6H3;/q-2;+2. The van der Waals surface area contributed by atoms with Gasteiger partial charge in [0.05, 0.1) is 22.8 Å². The first kappa shape index (κ1) is 32.4. The summed E-state index contributed by atoms with van der Waals surface area (Å²) in [7, 11) is 0. The molecule has 2 aliphatic heterocycles. The number of rotatable bonds is 4. The Balaban J connectivity index is 0.00000349. The van der Waals surface area contributed by atoms with Gasteiger partial charge in [-0.1, -0.05) is 106 Å². The molecule has 2 aliphatic rings. The van der Waals surface area contributed by atoms with E-state index in [0.29, 0.717) is 0 Å². The third kappa shape index (κ3) is 4.12. The summed E-state index contributed by atoms with van der Waals surface area (Å²) in [5.74, 6) is 0. The Bertz CT molecular complexity index is 3240. The Hall–Kier alpha value is -5.25. The van der Waals surface area contributed by atoms with Crippen molar-refractivity contribution in [2.75, 3.05) is 0 Å². The summed E-state index contributed by atoms with van der Waals surface area (Å²) in [5, 5.41) is 15.7. The van der Waals surface area contributed by atoms with Gasteiger partial charge >= 0.3 is 16.5 Å². The molecule has 8 bridgehead atoms. The van der Waals surface area contributed by atoms with Crippen LogP contribution in [0.4, 0.5) is 0 Å². The van der Waals surface area contributed by atoms with Crippen molar-refractivity contribution in [3.63, 3.8) is 0 Å². The maximum absolute atomic E-state index is 5.57. The first-order valence-electron chi connectivity index (χ1n) is 19.0. The first-order valence-corrected chi connectivity index (χ1v) is 19.0. The van der Waals surface area contributed by atoms with Crippen LogP contribution in [-0.2, 0) is 22.9 Å². The van der Waals surface area contributed by atoms with E-state index in [0.717, 1.165) is 70.5 Å². The number of hydrogen-bond acceptors (Lipinski definition) is 2. The van der Waals surface area contributed by atoms with E-state index in [1.165, 1.54) is 98.1 Å². The van der Waals surface area contributed by atoms with E-state index in [4.69, 9.17) is 19.9 Å². The first-order chi connectivity index (χ1) is 25.4. The van der Waals surface area contributed by atoms with Gasteiger partial charge in [-0.3, -0.25) is 0 Å². The predicted octanol–water partition coefficient (Wildman–Crippen LogP) is 12.7. The molecule has 5 heterocycles. The molecule has 0 spiro atoms. The predicted molar refractivity (Wildman–Crippen MR) is 222 cm³/mol. The Kier molecular flexibility index (Phi) is 6.96. The summed E-state index contributed by atoms with van der Waals surface area (Å²) in [6.07, 6.45) is 3.63. The quantitative estimate of drug-likeness (QED) is 0.134. The number of aromatic nitrogens is 4. The Morgan fingerprint density at radius 3 is 1.45 bits per heavy atom. The number of allylic oxidation sites excluding steroid dienone is 4. The summed E-state index contributed by atoms with van der Waals surface area (Å²) < 4.78 is 0. The van der Waals surface area contributed by atoms with Crippen LogP contribution in [0.3, 0.4) is 0 Å². The number of hydrogen-bond donors (Lipinski definition) is 0. The van der Waals surface area contributed by atoms with E-state index < -0.39 is 0 Å². The van der Waals surface area contributed by atoms with Crippen molar-refractivity contribution in [2.24, 2.45) is 0 Å². The number of fused-ring (bicyclic) bond motifs is 13. The van der Waals surface area contributed by atoms with Gasteiger partial charge < -0.3 is 9.97 Å². The van der Waals surface area contributed by atoms with E-state index in [1.807, 2.05) is 0 Å². The molecule has 4 nitrogen and oxygen atoms in total. The van der Waals surface area contributed by atoms with Crippen molar-refractivity contribution in [2.45, 2.75) is 67.2 Å². The van der Waals surface area contributed by atoms with E-state index in [2.05, 4.69) is 114 Å². The van der Waals surface area contributed by atoms with E-state index in [-0.39, 0.29) is 16.5 Å². The second-order valence-corrected chi connectivity index (χ2v) is 14.8. The number of benzene rings is 5. The number of nitrogens with zero attached hydrogens (tertiary/aromatic N) is 4. The second kappa shape index (κ2) is 11.4. The molecule has 0 amide bonds. The molecule has 0 radical (unpaired) electrons. The molecule has 0 atom stereocenters. The largest absolute Gasteiger partial charge is 2.00 e. The molecule has 0 unspecified atom stereocenters. The Morgan fingerprint density at radius 2 is 0.887 bits per heavy atom. The third-order valence-corrected chi connectivity index (χ3v) is 12.4. The van der Waals surface area contributed by atoms with Crippen molar-refractivity contribution in [3.05, 3.63) is 107 Å². The van der Waals surface area contributed by atoms with E-state index in [9.17, 15) is 0 Å². The second-order valence-electron chi connectivity index (χ2n) is 14.8. The minimum absolute atomic E-state index is 0. The van der Waals surface area contributed by atoms with Crippen molar-refractivity contribution in [1.29, 1.82) is 0 Å². The fourth-order valence-electron chi connectivity index (χ4n) is 10.0. The molecule has 0 saturated carbocycles. The van der Waals surface area contributed by atoms with Crippen LogP contribution in [0.2, 0.25) is 0 Å². The maximum Gasteiger partial charge on any atom is 2.00 e. The molecule has 11 rings (SSSR count). The fraction of sp³-hybridized carbons (Fsp3) is 0.208. The monoisotopic (exact) mass is 728 g/mol. The average molecular weight is 730 g/mol. The van der Waals surface area contributed by atoms with Gasteiger partial charge in [0.2, 0.25) is 0 Å². The molecular formula is C48H38N4Ni. The molecule has 5 heteroatoms. The maximum atomic E-state index is 5.57. The Labute approximate surface area is 318 Å². The minimum atomic E-state index is 0. The van der Waals surface area contributed by atoms with Gasteiger partial charge in [0.15, 0.2) is 0 Å². The normalized spacial score (nSPS) is 13.8. The van der Waals surface area contributed by atoms with Gasteiger partial charge in [-0.05, 0) is 133 Å². The molecule has 53 heavy (non-hydrogen) atoms. The van der Waals surface area contributed by atoms with Gasteiger partial charge in [-0.15, -0.1) is 22.1 Å². The summed E-state index contributed by atoms with van der Waals surface area (Å²) >= 11 is 0. The molecule has 260 valence electrons. The van der Waals surface area contributed by atoms with Crippen molar-refractivity contribution < 1.29 is 16.5 Å². The molecule has 6 aromatic carbocycles. The molecule has 9 aromatic rings. The van der Waals surface area contributed by atoms with Crippen LogP contribution < -0.4 is 9.97 Å². The van der Waals surface area contributed by atoms with Gasteiger partial charge in [-0.25, -0.2) is 9.97 Å².